The lowest BCUT2D eigenvalue weighted by atomic mass is 10.0. The first-order valence-electron chi connectivity index (χ1n) is 13.0. The normalized spacial score (nSPS) is 12.3. The van der Waals surface area contributed by atoms with Gasteiger partial charge in [-0.05, 0) is 52.1 Å². The number of hydrogen-bond acceptors (Lipinski definition) is 3. The van der Waals surface area contributed by atoms with Crippen LogP contribution in [0.4, 0.5) is 5.69 Å². The standard InChI is InChI=1S/C33H28N4O2/c38-32(19-24-12-14-27(15-13-24)26-8-2-1-3-9-26)37-23-29-16-17-31(33(39)35-21-25-7-6-18-34-20-25)36(29)22-28-10-4-5-11-30(28)37/h1-18,20H,19,21-23H2,(H,35,39). The predicted molar refractivity (Wildman–Crippen MR) is 152 cm³/mol. The first-order chi connectivity index (χ1) is 19.2. The van der Waals surface area contributed by atoms with Crippen molar-refractivity contribution in [2.24, 2.45) is 0 Å². The van der Waals surface area contributed by atoms with Crippen LogP contribution in [0.15, 0.2) is 116 Å². The van der Waals surface area contributed by atoms with Crippen molar-refractivity contribution in [3.05, 3.63) is 144 Å². The van der Waals surface area contributed by atoms with Crippen LogP contribution in [-0.4, -0.2) is 21.4 Å². The fraction of sp³-hybridized carbons (Fsp3) is 0.121. The molecule has 1 aliphatic rings. The highest BCUT2D eigenvalue weighted by Crippen LogP contribution is 2.30. The van der Waals surface area contributed by atoms with Crippen LogP contribution in [0.5, 0.6) is 0 Å². The molecular formula is C33H28N4O2. The number of aromatic nitrogens is 2. The number of carbonyl (C=O) groups excluding carboxylic acids is 2. The highest BCUT2D eigenvalue weighted by Gasteiger charge is 2.26. The lowest BCUT2D eigenvalue weighted by Crippen LogP contribution is -2.32. The Bertz CT molecular complexity index is 1610. The van der Waals surface area contributed by atoms with Gasteiger partial charge in [0.2, 0.25) is 5.91 Å². The Morgan fingerprint density at radius 1 is 0.744 bits per heavy atom. The molecule has 0 radical (unpaired) electrons. The number of hydrogen-bond donors (Lipinski definition) is 1. The van der Waals surface area contributed by atoms with Crippen LogP contribution in [0.25, 0.3) is 11.1 Å². The highest BCUT2D eigenvalue weighted by molar-refractivity contribution is 5.96. The molecule has 0 aliphatic carbocycles. The van der Waals surface area contributed by atoms with E-state index >= 15 is 0 Å². The van der Waals surface area contributed by atoms with E-state index in [4.69, 9.17) is 0 Å². The fourth-order valence-corrected chi connectivity index (χ4v) is 5.07. The summed E-state index contributed by atoms with van der Waals surface area (Å²) in [5.41, 5.74) is 7.56. The van der Waals surface area contributed by atoms with Gasteiger partial charge in [0, 0.05) is 30.3 Å². The van der Waals surface area contributed by atoms with Gasteiger partial charge in [0.05, 0.1) is 19.5 Å². The molecule has 5 aromatic rings. The monoisotopic (exact) mass is 512 g/mol. The Kier molecular flexibility index (Phi) is 6.75. The summed E-state index contributed by atoms with van der Waals surface area (Å²) in [5.74, 6) is -0.131. The van der Waals surface area contributed by atoms with Crippen molar-refractivity contribution in [1.82, 2.24) is 14.9 Å². The number of pyridine rings is 1. The Morgan fingerprint density at radius 2 is 1.51 bits per heavy atom. The summed E-state index contributed by atoms with van der Waals surface area (Å²) in [6.07, 6.45) is 3.75. The zero-order chi connectivity index (χ0) is 26.6. The molecule has 0 unspecified atom stereocenters. The number of nitrogens with zero attached hydrogens (tertiary/aromatic N) is 3. The van der Waals surface area contributed by atoms with Gasteiger partial charge in [-0.25, -0.2) is 0 Å². The third-order valence-electron chi connectivity index (χ3n) is 7.13. The minimum atomic E-state index is -0.152. The maximum atomic E-state index is 13.7. The molecule has 0 fully saturated rings. The molecule has 3 heterocycles. The molecule has 2 aromatic heterocycles. The minimum absolute atomic E-state index is 0.0205. The predicted octanol–water partition coefficient (Wildman–Crippen LogP) is 5.62. The SMILES string of the molecule is O=C(NCc1cccnc1)c1ccc2n1Cc1ccccc1N(C(=O)Cc1ccc(-c3ccccc3)cc1)C2. The van der Waals surface area contributed by atoms with Crippen molar-refractivity contribution in [3.8, 4) is 11.1 Å². The van der Waals surface area contributed by atoms with E-state index in [9.17, 15) is 9.59 Å². The molecular weight excluding hydrogens is 484 g/mol. The van der Waals surface area contributed by atoms with Gasteiger partial charge in [0.1, 0.15) is 5.69 Å². The van der Waals surface area contributed by atoms with Crippen LogP contribution in [0.2, 0.25) is 0 Å². The third kappa shape index (κ3) is 5.22. The number of rotatable bonds is 6. The maximum Gasteiger partial charge on any atom is 0.268 e. The molecule has 39 heavy (non-hydrogen) atoms. The summed E-state index contributed by atoms with van der Waals surface area (Å²) in [6.45, 7) is 1.31. The van der Waals surface area contributed by atoms with E-state index in [0.717, 1.165) is 39.2 Å². The number of amides is 2. The van der Waals surface area contributed by atoms with Crippen molar-refractivity contribution in [2.45, 2.75) is 26.1 Å². The molecule has 0 spiro atoms. The average molecular weight is 513 g/mol. The Balaban J connectivity index is 1.22. The largest absolute Gasteiger partial charge is 0.347 e. The second kappa shape index (κ2) is 10.8. The molecule has 0 atom stereocenters. The van der Waals surface area contributed by atoms with E-state index in [1.165, 1.54) is 0 Å². The van der Waals surface area contributed by atoms with Crippen molar-refractivity contribution in [1.29, 1.82) is 0 Å². The number of nitrogens with one attached hydrogen (secondary N) is 1. The number of para-hydroxylation sites is 1. The topological polar surface area (TPSA) is 67.2 Å². The zero-order valence-electron chi connectivity index (χ0n) is 21.5. The van der Waals surface area contributed by atoms with Gasteiger partial charge in [0.25, 0.3) is 5.91 Å². The van der Waals surface area contributed by atoms with Crippen LogP contribution < -0.4 is 10.2 Å². The Labute approximate surface area is 227 Å². The van der Waals surface area contributed by atoms with Crippen LogP contribution >= 0.6 is 0 Å². The van der Waals surface area contributed by atoms with Crippen molar-refractivity contribution >= 4 is 17.5 Å². The lowest BCUT2D eigenvalue weighted by Gasteiger charge is -2.23. The van der Waals surface area contributed by atoms with Gasteiger partial charge in [-0.15, -0.1) is 0 Å². The van der Waals surface area contributed by atoms with E-state index < -0.39 is 0 Å². The van der Waals surface area contributed by atoms with E-state index in [0.29, 0.717) is 31.7 Å². The van der Waals surface area contributed by atoms with Crippen LogP contribution in [0.3, 0.4) is 0 Å². The quantitative estimate of drug-likeness (QED) is 0.321. The highest BCUT2D eigenvalue weighted by atomic mass is 16.2. The fourth-order valence-electron chi connectivity index (χ4n) is 5.07. The van der Waals surface area contributed by atoms with Crippen molar-refractivity contribution in [3.63, 3.8) is 0 Å². The molecule has 0 saturated heterocycles. The van der Waals surface area contributed by atoms with Gasteiger partial charge < -0.3 is 14.8 Å². The van der Waals surface area contributed by atoms with Crippen LogP contribution in [0.1, 0.15) is 32.9 Å². The van der Waals surface area contributed by atoms with Crippen LogP contribution in [-0.2, 0) is 30.8 Å². The van der Waals surface area contributed by atoms with Gasteiger partial charge in [-0.3, -0.25) is 14.6 Å². The minimum Gasteiger partial charge on any atom is -0.347 e. The summed E-state index contributed by atoms with van der Waals surface area (Å²) in [7, 11) is 0. The van der Waals surface area contributed by atoms with Gasteiger partial charge >= 0.3 is 0 Å². The molecule has 6 nitrogen and oxygen atoms in total. The molecule has 6 heteroatoms. The molecule has 192 valence electrons. The number of fused-ring (bicyclic) bond motifs is 2. The summed E-state index contributed by atoms with van der Waals surface area (Å²) in [6, 6.07) is 33.9. The average Bonchev–Trinajstić information content (AvgIpc) is 3.30. The summed E-state index contributed by atoms with van der Waals surface area (Å²) in [5, 5.41) is 3.00. The third-order valence-corrected chi connectivity index (χ3v) is 7.13. The summed E-state index contributed by atoms with van der Waals surface area (Å²) >= 11 is 0. The molecule has 1 aliphatic heterocycles. The van der Waals surface area contributed by atoms with Gasteiger partial charge in [-0.1, -0.05) is 78.9 Å². The number of anilines is 1. The number of benzene rings is 3. The molecule has 2 amide bonds. The van der Waals surface area contributed by atoms with E-state index in [1.54, 1.807) is 12.4 Å². The Hall–Kier alpha value is -4.97. The van der Waals surface area contributed by atoms with Crippen molar-refractivity contribution in [2.75, 3.05) is 4.90 Å². The molecule has 0 bridgehead atoms. The molecule has 6 rings (SSSR count). The maximum absolute atomic E-state index is 13.7. The second-order valence-electron chi connectivity index (χ2n) is 9.69. The Morgan fingerprint density at radius 3 is 2.31 bits per heavy atom. The molecule has 0 saturated carbocycles. The summed E-state index contributed by atoms with van der Waals surface area (Å²) < 4.78 is 2.01. The lowest BCUT2D eigenvalue weighted by molar-refractivity contribution is -0.118. The first kappa shape index (κ1) is 24.4. The summed E-state index contributed by atoms with van der Waals surface area (Å²) in [4.78, 5) is 32.8. The van der Waals surface area contributed by atoms with E-state index in [2.05, 4.69) is 34.6 Å². The van der Waals surface area contributed by atoms with Gasteiger partial charge in [0.15, 0.2) is 0 Å². The smallest absolute Gasteiger partial charge is 0.268 e. The zero-order valence-corrected chi connectivity index (χ0v) is 21.5. The van der Waals surface area contributed by atoms with Crippen molar-refractivity contribution < 1.29 is 9.59 Å². The van der Waals surface area contributed by atoms with E-state index in [1.807, 2.05) is 88.3 Å². The molecule has 1 N–H and O–H groups in total. The van der Waals surface area contributed by atoms with Crippen LogP contribution in [0, 0.1) is 0 Å². The molecule has 3 aromatic carbocycles. The number of carbonyl (C=O) groups is 2. The van der Waals surface area contributed by atoms with Gasteiger partial charge in [-0.2, -0.15) is 0 Å². The van der Waals surface area contributed by atoms with E-state index in [-0.39, 0.29) is 11.8 Å². The second-order valence-corrected chi connectivity index (χ2v) is 9.69. The first-order valence-corrected chi connectivity index (χ1v) is 13.0.